The molecule has 0 heterocycles. The second kappa shape index (κ2) is 4.77. The second-order valence-electron chi connectivity index (χ2n) is 6.17. The van der Waals surface area contributed by atoms with Crippen molar-refractivity contribution < 1.29 is 13.2 Å². The normalized spacial score (nSPS) is 17.4. The Morgan fingerprint density at radius 1 is 1.15 bits per heavy atom. The van der Waals surface area contributed by atoms with Crippen molar-refractivity contribution in [1.29, 1.82) is 0 Å². The summed E-state index contributed by atoms with van der Waals surface area (Å²) in [5.41, 5.74) is 0.0249. The number of anilines is 1. The van der Waals surface area contributed by atoms with Crippen LogP contribution in [0, 0.1) is 0 Å². The number of para-hydroxylation sites is 1. The minimum Gasteiger partial charge on any atom is -0.350 e. The van der Waals surface area contributed by atoms with Crippen molar-refractivity contribution in [2.45, 2.75) is 43.9 Å². The van der Waals surface area contributed by atoms with Gasteiger partial charge < -0.3 is 5.32 Å². The van der Waals surface area contributed by atoms with Gasteiger partial charge in [-0.15, -0.1) is 0 Å². The molecule has 0 saturated heterocycles. The zero-order valence-electron chi connectivity index (χ0n) is 11.9. The fourth-order valence-corrected chi connectivity index (χ4v) is 3.52. The van der Waals surface area contributed by atoms with E-state index in [0.29, 0.717) is 18.5 Å². The molecule has 0 bridgehead atoms. The van der Waals surface area contributed by atoms with Crippen LogP contribution in [0.4, 0.5) is 5.69 Å². The van der Waals surface area contributed by atoms with Crippen LogP contribution in [0.1, 0.15) is 33.6 Å². The first-order valence-corrected chi connectivity index (χ1v) is 8.05. The summed E-state index contributed by atoms with van der Waals surface area (Å²) < 4.78 is 26.1. The van der Waals surface area contributed by atoms with E-state index in [-0.39, 0.29) is 0 Å². The van der Waals surface area contributed by atoms with Crippen LogP contribution >= 0.6 is 0 Å². The lowest BCUT2D eigenvalue weighted by Gasteiger charge is -2.25. The summed E-state index contributed by atoms with van der Waals surface area (Å²) in [6.45, 7) is 5.49. The summed E-state index contributed by atoms with van der Waals surface area (Å²) >= 11 is 0. The highest BCUT2D eigenvalue weighted by molar-refractivity contribution is 7.95. The predicted octanol–water partition coefficient (Wildman–Crippen LogP) is 1.88. The lowest BCUT2D eigenvalue weighted by Crippen LogP contribution is -2.51. The van der Waals surface area contributed by atoms with Crippen LogP contribution in [-0.4, -0.2) is 24.6 Å². The van der Waals surface area contributed by atoms with Crippen molar-refractivity contribution in [3.63, 3.8) is 0 Å². The Kier molecular flexibility index (Phi) is 3.54. The number of sulfonamides is 1. The topological polar surface area (TPSA) is 75.3 Å². The summed E-state index contributed by atoms with van der Waals surface area (Å²) in [6.07, 6.45) is 0.716. The number of nitrogens with one attached hydrogen (secondary N) is 2. The summed E-state index contributed by atoms with van der Waals surface area (Å²) in [6, 6.07) is 8.61. The molecule has 1 aromatic carbocycles. The molecule has 1 saturated carbocycles. The number of hydrogen-bond donors (Lipinski definition) is 2. The van der Waals surface area contributed by atoms with Gasteiger partial charge in [0.05, 0.1) is 0 Å². The first-order valence-electron chi connectivity index (χ1n) is 6.56. The van der Waals surface area contributed by atoms with Crippen LogP contribution in [0.2, 0.25) is 0 Å². The number of carbonyl (C=O) groups excluding carboxylic acids is 1. The SMILES string of the molecule is CC(C)(C)NC(=O)C1(S(=O)(=O)Nc2ccccc2)CC1. The third-order valence-corrected chi connectivity index (χ3v) is 5.27. The minimum absolute atomic E-state index is 0.358. The van der Waals surface area contributed by atoms with Gasteiger partial charge in [-0.3, -0.25) is 9.52 Å². The average Bonchev–Trinajstić information content (AvgIpc) is 3.08. The lowest BCUT2D eigenvalue weighted by molar-refractivity contribution is -0.122. The first kappa shape index (κ1) is 14.8. The fraction of sp³-hybridized carbons (Fsp3) is 0.500. The number of amides is 1. The first-order chi connectivity index (χ1) is 9.16. The molecule has 1 amide bonds. The highest BCUT2D eigenvalue weighted by Gasteiger charge is 2.61. The van der Waals surface area contributed by atoms with E-state index in [1.54, 1.807) is 30.3 Å². The number of rotatable bonds is 4. The molecule has 0 aromatic heterocycles. The zero-order chi connectivity index (χ0) is 15.0. The van der Waals surface area contributed by atoms with Crippen LogP contribution in [-0.2, 0) is 14.8 Å². The Morgan fingerprint density at radius 3 is 2.15 bits per heavy atom. The van der Waals surface area contributed by atoms with Crippen molar-refractivity contribution in [3.05, 3.63) is 30.3 Å². The highest BCUT2D eigenvalue weighted by Crippen LogP contribution is 2.44. The van der Waals surface area contributed by atoms with E-state index in [0.717, 1.165) is 0 Å². The molecule has 0 spiro atoms. The highest BCUT2D eigenvalue weighted by atomic mass is 32.2. The van der Waals surface area contributed by atoms with Gasteiger partial charge >= 0.3 is 0 Å². The van der Waals surface area contributed by atoms with Gasteiger partial charge in [-0.1, -0.05) is 18.2 Å². The smallest absolute Gasteiger partial charge is 0.247 e. The zero-order valence-corrected chi connectivity index (χ0v) is 12.8. The third kappa shape index (κ3) is 2.95. The third-order valence-electron chi connectivity index (χ3n) is 3.15. The van der Waals surface area contributed by atoms with Crippen molar-refractivity contribution >= 4 is 21.6 Å². The number of carbonyl (C=O) groups is 1. The lowest BCUT2D eigenvalue weighted by atomic mass is 10.1. The van der Waals surface area contributed by atoms with E-state index in [1.807, 2.05) is 20.8 Å². The van der Waals surface area contributed by atoms with E-state index in [1.165, 1.54) is 0 Å². The van der Waals surface area contributed by atoms with Crippen LogP contribution < -0.4 is 10.0 Å². The molecule has 1 fully saturated rings. The number of hydrogen-bond acceptors (Lipinski definition) is 3. The Labute approximate surface area is 119 Å². The van der Waals surface area contributed by atoms with Crippen molar-refractivity contribution in [2.75, 3.05) is 4.72 Å². The maximum absolute atomic E-state index is 12.4. The second-order valence-corrected chi connectivity index (χ2v) is 8.16. The summed E-state index contributed by atoms with van der Waals surface area (Å²) in [7, 11) is -3.74. The molecule has 2 rings (SSSR count). The van der Waals surface area contributed by atoms with E-state index in [2.05, 4.69) is 10.0 Å². The monoisotopic (exact) mass is 296 g/mol. The molecule has 0 atom stereocenters. The van der Waals surface area contributed by atoms with E-state index < -0.39 is 26.2 Å². The number of benzene rings is 1. The van der Waals surface area contributed by atoms with Gasteiger partial charge in [-0.05, 0) is 45.7 Å². The van der Waals surface area contributed by atoms with Crippen LogP contribution in [0.5, 0.6) is 0 Å². The van der Waals surface area contributed by atoms with Gasteiger partial charge in [0.1, 0.15) is 0 Å². The van der Waals surface area contributed by atoms with Crippen molar-refractivity contribution in [3.8, 4) is 0 Å². The standard InChI is InChI=1S/C14H20N2O3S/c1-13(2,3)15-12(17)14(9-10-14)20(18,19)16-11-7-5-4-6-8-11/h4-8,16H,9-10H2,1-3H3,(H,15,17). The van der Waals surface area contributed by atoms with Gasteiger partial charge in [-0.2, -0.15) is 0 Å². The molecule has 1 aliphatic rings. The minimum atomic E-state index is -3.74. The summed E-state index contributed by atoms with van der Waals surface area (Å²) in [4.78, 5) is 12.2. The van der Waals surface area contributed by atoms with Crippen LogP contribution in [0.25, 0.3) is 0 Å². The largest absolute Gasteiger partial charge is 0.350 e. The molecule has 1 aliphatic carbocycles. The van der Waals surface area contributed by atoms with Crippen LogP contribution in [0.3, 0.4) is 0 Å². The van der Waals surface area contributed by atoms with Gasteiger partial charge in [-0.25, -0.2) is 8.42 Å². The van der Waals surface area contributed by atoms with Gasteiger partial charge in [0.25, 0.3) is 0 Å². The van der Waals surface area contributed by atoms with E-state index in [4.69, 9.17) is 0 Å². The van der Waals surface area contributed by atoms with Gasteiger partial charge in [0, 0.05) is 11.2 Å². The van der Waals surface area contributed by atoms with Gasteiger partial charge in [0.15, 0.2) is 4.75 Å². The molecule has 0 radical (unpaired) electrons. The predicted molar refractivity (Wildman–Crippen MR) is 78.8 cm³/mol. The molecule has 6 heteroatoms. The van der Waals surface area contributed by atoms with Gasteiger partial charge in [0.2, 0.25) is 15.9 Å². The molecule has 1 aromatic rings. The van der Waals surface area contributed by atoms with E-state index >= 15 is 0 Å². The Morgan fingerprint density at radius 2 is 1.70 bits per heavy atom. The Balaban J connectivity index is 2.19. The quantitative estimate of drug-likeness (QED) is 0.890. The van der Waals surface area contributed by atoms with Crippen molar-refractivity contribution in [2.24, 2.45) is 0 Å². The Bertz CT molecular complexity index is 599. The Hall–Kier alpha value is -1.56. The maximum atomic E-state index is 12.4. The average molecular weight is 296 g/mol. The summed E-state index contributed by atoms with van der Waals surface area (Å²) in [5, 5.41) is 2.76. The van der Waals surface area contributed by atoms with Crippen LogP contribution in [0.15, 0.2) is 30.3 Å². The molecule has 2 N–H and O–H groups in total. The molecule has 110 valence electrons. The van der Waals surface area contributed by atoms with E-state index in [9.17, 15) is 13.2 Å². The van der Waals surface area contributed by atoms with Crippen molar-refractivity contribution in [1.82, 2.24) is 5.32 Å². The summed E-state index contributed by atoms with van der Waals surface area (Å²) in [5.74, 6) is -0.423. The molecule has 0 aliphatic heterocycles. The molecule has 20 heavy (non-hydrogen) atoms. The molecular formula is C14H20N2O3S. The fourth-order valence-electron chi connectivity index (χ4n) is 1.94. The molecule has 0 unspecified atom stereocenters. The molecule has 5 nitrogen and oxygen atoms in total. The molecular weight excluding hydrogens is 276 g/mol. The maximum Gasteiger partial charge on any atom is 0.247 e.